The highest BCUT2D eigenvalue weighted by atomic mass is 127. The van der Waals surface area contributed by atoms with Crippen molar-refractivity contribution in [2.75, 3.05) is 18.5 Å². The van der Waals surface area contributed by atoms with Gasteiger partial charge in [0, 0.05) is 52.6 Å². The molecule has 71 heavy (non-hydrogen) atoms. The number of rotatable bonds is 14. The lowest BCUT2D eigenvalue weighted by Crippen LogP contribution is -2.60. The fourth-order valence-corrected chi connectivity index (χ4v) is 11.0. The molecule has 4 aromatic heterocycles. The van der Waals surface area contributed by atoms with Crippen molar-refractivity contribution in [2.45, 2.75) is 86.3 Å². The lowest BCUT2D eigenvalue weighted by Gasteiger charge is -2.39. The van der Waals surface area contributed by atoms with Crippen LogP contribution < -0.4 is 20.5 Å². The number of carbonyl (C=O) groups is 2. The largest absolute Gasteiger partial charge is 0.480 e. The molecule has 1 unspecified atom stereocenters. The van der Waals surface area contributed by atoms with Crippen molar-refractivity contribution in [3.8, 4) is 11.5 Å². The summed E-state index contributed by atoms with van der Waals surface area (Å²) in [6.45, 7) is -1.13. The Kier molecular flexibility index (Phi) is 20.7. The number of ether oxygens (including phenoxy) is 4. The molecule has 17 N–H and O–H groups in total. The molecule has 0 aliphatic carbocycles. The molecule has 0 bridgehead atoms. The fourth-order valence-electron chi connectivity index (χ4n) is 7.07. The summed E-state index contributed by atoms with van der Waals surface area (Å²) in [5.74, 6) is -1.63. The van der Waals surface area contributed by atoms with Gasteiger partial charge in [-0.1, -0.05) is 23.2 Å². The van der Waals surface area contributed by atoms with E-state index in [9.17, 15) is 55.5 Å². The highest BCUT2D eigenvalue weighted by Gasteiger charge is 2.46. The molecule has 2 saturated heterocycles. The van der Waals surface area contributed by atoms with E-state index in [1.54, 1.807) is 12.4 Å². The predicted octanol–water partition coefficient (Wildman–Crippen LogP) is 2.53. The van der Waals surface area contributed by atoms with E-state index < -0.39 is 98.6 Å². The van der Waals surface area contributed by atoms with E-state index >= 15 is 0 Å². The summed E-state index contributed by atoms with van der Waals surface area (Å²) in [4.78, 5) is 41.6. The Morgan fingerprint density at radius 3 is 1.58 bits per heavy atom. The molecule has 2 aromatic carbocycles. The second-order valence-corrected chi connectivity index (χ2v) is 21.1. The molecule has 2 aliphatic rings. The number of carboxylic acids is 2. The summed E-state index contributed by atoms with van der Waals surface area (Å²) < 4.78 is 26.0. The summed E-state index contributed by atoms with van der Waals surface area (Å²) in [6, 6.07) is -1.87. The Hall–Kier alpha value is -2.43. The summed E-state index contributed by atoms with van der Waals surface area (Å²) in [5.41, 5.74) is 8.25. The average molecular weight is 1500 g/mol. The molecular formula is C40H43Br2Cl2I3N8O16. The number of hydrogen-bond donors (Lipinski definition) is 16. The fraction of sp³-hybridized carbons (Fsp3) is 0.400. The number of H-pyrrole nitrogens is 4. The van der Waals surface area contributed by atoms with Gasteiger partial charge in [-0.05, 0) is 99.6 Å². The van der Waals surface area contributed by atoms with Crippen LogP contribution in [-0.4, -0.2) is 180 Å². The maximum absolute atomic E-state index is 12.0. The van der Waals surface area contributed by atoms with Crippen LogP contribution in [0.5, 0.6) is 11.5 Å². The van der Waals surface area contributed by atoms with Crippen molar-refractivity contribution in [3.05, 3.63) is 78.5 Å². The summed E-state index contributed by atoms with van der Waals surface area (Å²) in [5, 5.41) is 102. The smallest absolute Gasteiger partial charge is 0.326 e. The Balaban J connectivity index is 0.000000198. The first-order valence-corrected chi connectivity index (χ1v) is 26.1. The van der Waals surface area contributed by atoms with Crippen LogP contribution in [0.2, 0.25) is 10.0 Å². The highest BCUT2D eigenvalue weighted by molar-refractivity contribution is 14.1. The molecule has 0 saturated carbocycles. The van der Waals surface area contributed by atoms with Crippen LogP contribution in [0.3, 0.4) is 0 Å². The third-order valence-electron chi connectivity index (χ3n) is 10.9. The van der Waals surface area contributed by atoms with Crippen LogP contribution in [-0.2, 0) is 31.9 Å². The zero-order valence-electron chi connectivity index (χ0n) is 35.8. The highest BCUT2D eigenvalue weighted by Crippen LogP contribution is 2.46. The molecule has 2 fully saturated rings. The van der Waals surface area contributed by atoms with E-state index in [4.69, 9.17) is 53.0 Å². The van der Waals surface area contributed by atoms with E-state index in [2.05, 4.69) is 112 Å². The van der Waals surface area contributed by atoms with Crippen LogP contribution in [0, 0.1) is 10.7 Å². The van der Waals surface area contributed by atoms with Crippen LogP contribution in [0.1, 0.15) is 11.4 Å². The van der Waals surface area contributed by atoms with Crippen molar-refractivity contribution in [1.29, 1.82) is 0 Å². The normalized spacial score (nSPS) is 25.1. The van der Waals surface area contributed by atoms with Crippen LogP contribution in [0.15, 0.2) is 46.4 Å². The van der Waals surface area contributed by atoms with Gasteiger partial charge in [-0.15, -0.1) is 0 Å². The number of aliphatic carboxylic acids is 2. The number of imidazole rings is 2. The molecule has 6 aromatic rings. The van der Waals surface area contributed by atoms with Gasteiger partial charge in [-0.3, -0.25) is 4.79 Å². The molecule has 0 spiro atoms. The number of anilines is 1. The van der Waals surface area contributed by atoms with Gasteiger partial charge in [-0.25, -0.2) is 14.8 Å². The Morgan fingerprint density at radius 2 is 1.14 bits per heavy atom. The molecule has 31 heteroatoms. The van der Waals surface area contributed by atoms with Gasteiger partial charge >= 0.3 is 11.9 Å². The van der Waals surface area contributed by atoms with Crippen molar-refractivity contribution in [2.24, 2.45) is 5.73 Å². The predicted molar refractivity (Wildman–Crippen MR) is 284 cm³/mol. The van der Waals surface area contributed by atoms with E-state index in [0.717, 1.165) is 18.4 Å². The number of aliphatic hydroxyl groups is 8. The van der Waals surface area contributed by atoms with Gasteiger partial charge in [0.15, 0.2) is 0 Å². The van der Waals surface area contributed by atoms with Crippen molar-refractivity contribution in [3.63, 3.8) is 0 Å². The molecule has 6 heterocycles. The zero-order valence-corrected chi connectivity index (χ0v) is 46.9. The van der Waals surface area contributed by atoms with Crippen molar-refractivity contribution in [1.82, 2.24) is 29.9 Å². The number of aromatic nitrogens is 6. The number of halogens is 7. The molecule has 0 radical (unpaired) electrons. The molecule has 388 valence electrons. The number of carboxylic acid groups (broad SMARTS) is 2. The monoisotopic (exact) mass is 1500 g/mol. The van der Waals surface area contributed by atoms with Gasteiger partial charge in [0.1, 0.15) is 72.4 Å². The Morgan fingerprint density at radius 1 is 0.690 bits per heavy atom. The third kappa shape index (κ3) is 13.0. The van der Waals surface area contributed by atoms with E-state index in [-0.39, 0.29) is 23.6 Å². The number of nitrogens with one attached hydrogen (secondary N) is 5. The van der Waals surface area contributed by atoms with E-state index in [1.807, 2.05) is 22.6 Å². The SMILES string of the molecule is N[C@@H](Cc1cnc[nH]1)C(=O)O.O=C(O)C(Cc1cnc[nH]1)Nc1c(I)c(Br)c(Cl)c2c(O[C@@H]3O[C@H](CO)[C@H](O)[C@H](O)[C@H]3O)c[nH]c12.OC[C@H]1O[C@@H](Oc2c[nH]c3c(I)c(I)c(Br)c(Cl)c23)[C@H](O)[C@@H](O)[C@H]1O. The van der Waals surface area contributed by atoms with Gasteiger partial charge in [0.05, 0.1) is 79.5 Å². The minimum Gasteiger partial charge on any atom is -0.480 e. The Bertz CT molecular complexity index is 2780. The zero-order chi connectivity index (χ0) is 52.2. The maximum atomic E-state index is 12.0. The molecule has 24 nitrogen and oxygen atoms in total. The number of fused-ring (bicyclic) bond motifs is 2. The lowest BCUT2D eigenvalue weighted by molar-refractivity contribution is -0.277. The molecule has 8 rings (SSSR count). The van der Waals surface area contributed by atoms with Crippen molar-refractivity contribution < 1.29 is 79.6 Å². The number of aliphatic hydroxyl groups excluding tert-OH is 8. The summed E-state index contributed by atoms with van der Waals surface area (Å²) >= 11 is 26.3. The minimum atomic E-state index is -1.62. The van der Waals surface area contributed by atoms with Gasteiger partial charge in [0.2, 0.25) is 12.6 Å². The summed E-state index contributed by atoms with van der Waals surface area (Å²) in [6.07, 6.45) is -4.63. The molecular weight excluding hydrogens is 1460 g/mol. The summed E-state index contributed by atoms with van der Waals surface area (Å²) in [7, 11) is 0. The van der Waals surface area contributed by atoms with Crippen molar-refractivity contribution >= 4 is 162 Å². The van der Waals surface area contributed by atoms with E-state index in [1.165, 1.54) is 25.0 Å². The average Bonchev–Trinajstić information content (AvgIpc) is 4.20. The second kappa shape index (κ2) is 25.4. The van der Waals surface area contributed by atoms with Gasteiger partial charge in [0.25, 0.3) is 0 Å². The number of hydrogen-bond acceptors (Lipinski definition) is 18. The standard InChI is InChI=1S/C20H21BrClIN4O8.C14H13BrClI2NO6.C6H9N3O2/c21-11-12(22)10-8(34-20-18(31)17(30)16(29)9(4-28)35-20)3-25-14(10)15(13(11)23)27-7(19(32)33)1-6-2-24-5-26-6;15-6-7(16)5-3(1-19-10(5)9(18)8(6)17)24-14-13(23)12(22)11(21)4(2-20)25-14;7-5(6(10)11)1-4-2-8-3-9-4/h2-3,5,7,9,16-18,20,25,27-31H,1,4H2,(H,24,26)(H,32,33);1,4,11-14,19-23H,2H2;2-3,5H,1,7H2,(H,8,9)(H,10,11)/t7?,9-,16+,17+,18-,20-;4-,11+,12+,13-,14-;5-/m110/s1. The van der Waals surface area contributed by atoms with Gasteiger partial charge in [-0.2, -0.15) is 0 Å². The number of benzene rings is 2. The molecule has 2 aliphatic heterocycles. The lowest BCUT2D eigenvalue weighted by atomic mass is 9.99. The number of nitrogens with zero attached hydrogens (tertiary/aromatic N) is 2. The Labute approximate surface area is 468 Å². The maximum Gasteiger partial charge on any atom is 0.326 e. The minimum absolute atomic E-state index is 0.127. The number of nitrogens with two attached hydrogens (primary N) is 1. The van der Waals surface area contributed by atoms with Crippen LogP contribution in [0.4, 0.5) is 5.69 Å². The first kappa shape index (κ1) is 57.8. The quantitative estimate of drug-likeness (QED) is 0.0423. The van der Waals surface area contributed by atoms with E-state index in [0.29, 0.717) is 51.0 Å². The third-order valence-corrected chi connectivity index (χ3v) is 19.4. The topological polar surface area (TPSA) is 400 Å². The number of aromatic amines is 4. The van der Waals surface area contributed by atoms with Crippen LogP contribution >= 0.6 is 123 Å². The first-order valence-electron chi connectivity index (χ1n) is 20.5. The molecule has 0 amide bonds. The second-order valence-electron chi connectivity index (χ2n) is 15.6. The molecule has 12 atom stereocenters. The first-order chi connectivity index (χ1) is 33.6. The van der Waals surface area contributed by atoms with Crippen LogP contribution in [0.25, 0.3) is 21.8 Å². The van der Waals surface area contributed by atoms with Gasteiger partial charge < -0.3 is 101 Å².